The third-order valence-corrected chi connectivity index (χ3v) is 3.52. The van der Waals surface area contributed by atoms with Gasteiger partial charge in [0.1, 0.15) is 0 Å². The molecular weight excluding hydrogens is 222 g/mol. The highest BCUT2D eigenvalue weighted by molar-refractivity contribution is 5.35. The van der Waals surface area contributed by atoms with Crippen LogP contribution in [-0.2, 0) is 6.42 Å². The molecule has 2 nitrogen and oxygen atoms in total. The van der Waals surface area contributed by atoms with Gasteiger partial charge in [0.25, 0.3) is 0 Å². The highest BCUT2D eigenvalue weighted by Gasteiger charge is 2.27. The Balaban J connectivity index is 1.82. The van der Waals surface area contributed by atoms with Crippen molar-refractivity contribution in [3.05, 3.63) is 65.5 Å². The molecule has 3 rings (SSSR count). The number of hydrogen-bond donors (Lipinski definition) is 1. The Hall–Kier alpha value is -1.67. The number of aliphatic hydroxyl groups excluding tert-OH is 1. The fourth-order valence-electron chi connectivity index (χ4n) is 2.43. The first-order valence-electron chi connectivity index (χ1n) is 6.50. The molecule has 1 heterocycles. The average Bonchev–Trinajstić information content (AvgIpc) is 3.24. The van der Waals surface area contributed by atoms with Crippen LogP contribution in [0.3, 0.4) is 0 Å². The van der Waals surface area contributed by atoms with Crippen molar-refractivity contribution in [1.82, 2.24) is 4.98 Å². The molecule has 1 aliphatic carbocycles. The molecule has 18 heavy (non-hydrogen) atoms. The van der Waals surface area contributed by atoms with Crippen LogP contribution in [-0.4, -0.2) is 10.1 Å². The monoisotopic (exact) mass is 239 g/mol. The molecule has 1 aromatic carbocycles. The number of rotatable bonds is 4. The Morgan fingerprint density at radius 1 is 1.17 bits per heavy atom. The van der Waals surface area contributed by atoms with Gasteiger partial charge in [0, 0.05) is 18.8 Å². The third-order valence-electron chi connectivity index (χ3n) is 3.52. The molecule has 0 spiro atoms. The molecule has 1 saturated carbocycles. The summed E-state index contributed by atoms with van der Waals surface area (Å²) in [5.41, 5.74) is 3.49. The van der Waals surface area contributed by atoms with E-state index in [1.165, 1.54) is 18.4 Å². The Labute approximate surface area is 107 Å². The standard InChI is InChI=1S/C16H17NO/c18-16(10-12-4-3-9-17-11-12)15-6-2-1-5-14(15)13-7-8-13/h1-6,9,11,13,16,18H,7-8,10H2. The van der Waals surface area contributed by atoms with E-state index in [1.807, 2.05) is 24.4 Å². The Bertz CT molecular complexity index is 520. The van der Waals surface area contributed by atoms with Gasteiger partial charge in [-0.15, -0.1) is 0 Å². The van der Waals surface area contributed by atoms with Gasteiger partial charge in [-0.05, 0) is 41.5 Å². The van der Waals surface area contributed by atoms with Crippen molar-refractivity contribution in [3.8, 4) is 0 Å². The lowest BCUT2D eigenvalue weighted by Gasteiger charge is -2.15. The molecule has 1 aliphatic rings. The zero-order valence-corrected chi connectivity index (χ0v) is 10.3. The minimum absolute atomic E-state index is 0.425. The highest BCUT2D eigenvalue weighted by atomic mass is 16.3. The second-order valence-electron chi connectivity index (χ2n) is 4.98. The second kappa shape index (κ2) is 4.91. The van der Waals surface area contributed by atoms with Crippen molar-refractivity contribution < 1.29 is 5.11 Å². The lowest BCUT2D eigenvalue weighted by Crippen LogP contribution is -2.05. The minimum atomic E-state index is -0.425. The number of aliphatic hydroxyl groups is 1. The summed E-state index contributed by atoms with van der Waals surface area (Å²) >= 11 is 0. The molecule has 1 unspecified atom stereocenters. The van der Waals surface area contributed by atoms with Crippen molar-refractivity contribution in [1.29, 1.82) is 0 Å². The Morgan fingerprint density at radius 3 is 2.72 bits per heavy atom. The first kappa shape index (κ1) is 11.4. The lowest BCUT2D eigenvalue weighted by molar-refractivity contribution is 0.177. The van der Waals surface area contributed by atoms with Gasteiger partial charge < -0.3 is 5.11 Å². The van der Waals surface area contributed by atoms with E-state index in [-0.39, 0.29) is 0 Å². The van der Waals surface area contributed by atoms with Crippen LogP contribution in [0.5, 0.6) is 0 Å². The van der Waals surface area contributed by atoms with Crippen LogP contribution in [0.2, 0.25) is 0 Å². The summed E-state index contributed by atoms with van der Waals surface area (Å²) in [6, 6.07) is 12.2. The maximum absolute atomic E-state index is 10.4. The predicted octanol–water partition coefficient (Wildman–Crippen LogP) is 3.24. The van der Waals surface area contributed by atoms with Crippen molar-refractivity contribution in [2.75, 3.05) is 0 Å². The van der Waals surface area contributed by atoms with E-state index in [4.69, 9.17) is 0 Å². The topological polar surface area (TPSA) is 33.1 Å². The number of aromatic nitrogens is 1. The van der Waals surface area contributed by atoms with Gasteiger partial charge in [-0.1, -0.05) is 30.3 Å². The summed E-state index contributed by atoms with van der Waals surface area (Å²) < 4.78 is 0. The first-order chi connectivity index (χ1) is 8.84. The largest absolute Gasteiger partial charge is 0.388 e. The number of pyridine rings is 1. The van der Waals surface area contributed by atoms with Gasteiger partial charge in [-0.3, -0.25) is 4.98 Å². The smallest absolute Gasteiger partial charge is 0.0833 e. The molecule has 2 heteroatoms. The Morgan fingerprint density at radius 2 is 2.00 bits per heavy atom. The van der Waals surface area contributed by atoms with E-state index in [2.05, 4.69) is 23.2 Å². The van der Waals surface area contributed by atoms with Crippen molar-refractivity contribution in [2.45, 2.75) is 31.3 Å². The van der Waals surface area contributed by atoms with E-state index >= 15 is 0 Å². The van der Waals surface area contributed by atoms with Crippen molar-refractivity contribution >= 4 is 0 Å². The molecular formula is C16H17NO. The quantitative estimate of drug-likeness (QED) is 0.888. The van der Waals surface area contributed by atoms with Crippen LogP contribution < -0.4 is 0 Å². The predicted molar refractivity (Wildman–Crippen MR) is 71.3 cm³/mol. The van der Waals surface area contributed by atoms with Crippen LogP contribution in [0, 0.1) is 0 Å². The van der Waals surface area contributed by atoms with Crippen LogP contribution >= 0.6 is 0 Å². The fraction of sp³-hybridized carbons (Fsp3) is 0.312. The van der Waals surface area contributed by atoms with E-state index in [1.54, 1.807) is 6.20 Å². The van der Waals surface area contributed by atoms with Gasteiger partial charge in [0.2, 0.25) is 0 Å². The maximum atomic E-state index is 10.4. The number of hydrogen-bond acceptors (Lipinski definition) is 2. The summed E-state index contributed by atoms with van der Waals surface area (Å²) in [5, 5.41) is 10.4. The molecule has 0 radical (unpaired) electrons. The molecule has 0 amide bonds. The van der Waals surface area contributed by atoms with Crippen LogP contribution in [0.25, 0.3) is 0 Å². The molecule has 1 aromatic heterocycles. The van der Waals surface area contributed by atoms with Crippen molar-refractivity contribution in [3.63, 3.8) is 0 Å². The lowest BCUT2D eigenvalue weighted by atomic mass is 9.95. The van der Waals surface area contributed by atoms with Crippen LogP contribution in [0.1, 0.15) is 41.6 Å². The zero-order chi connectivity index (χ0) is 12.4. The molecule has 92 valence electrons. The van der Waals surface area contributed by atoms with E-state index in [0.29, 0.717) is 12.3 Å². The zero-order valence-electron chi connectivity index (χ0n) is 10.3. The molecule has 0 saturated heterocycles. The van der Waals surface area contributed by atoms with Gasteiger partial charge in [-0.25, -0.2) is 0 Å². The van der Waals surface area contributed by atoms with Gasteiger partial charge in [0.05, 0.1) is 6.10 Å². The van der Waals surface area contributed by atoms with E-state index in [9.17, 15) is 5.11 Å². The minimum Gasteiger partial charge on any atom is -0.388 e. The summed E-state index contributed by atoms with van der Waals surface area (Å²) in [6.45, 7) is 0. The maximum Gasteiger partial charge on any atom is 0.0833 e. The molecule has 1 fully saturated rings. The normalized spacial score (nSPS) is 16.5. The Kier molecular flexibility index (Phi) is 3.11. The number of benzene rings is 1. The van der Waals surface area contributed by atoms with Gasteiger partial charge in [0.15, 0.2) is 0 Å². The summed E-state index contributed by atoms with van der Waals surface area (Å²) in [7, 11) is 0. The highest BCUT2D eigenvalue weighted by Crippen LogP contribution is 2.43. The molecule has 1 atom stereocenters. The summed E-state index contributed by atoms with van der Waals surface area (Å²) in [6.07, 6.45) is 6.31. The SMILES string of the molecule is OC(Cc1cccnc1)c1ccccc1C1CC1. The second-order valence-corrected chi connectivity index (χ2v) is 4.98. The number of nitrogens with zero attached hydrogens (tertiary/aromatic N) is 1. The van der Waals surface area contributed by atoms with Crippen molar-refractivity contribution in [2.24, 2.45) is 0 Å². The third kappa shape index (κ3) is 2.44. The summed E-state index contributed by atoms with van der Waals surface area (Å²) in [5.74, 6) is 0.671. The molecule has 0 bridgehead atoms. The van der Waals surface area contributed by atoms with E-state index < -0.39 is 6.10 Å². The first-order valence-corrected chi connectivity index (χ1v) is 6.50. The molecule has 0 aliphatic heterocycles. The molecule has 2 aromatic rings. The van der Waals surface area contributed by atoms with Gasteiger partial charge >= 0.3 is 0 Å². The van der Waals surface area contributed by atoms with E-state index in [0.717, 1.165) is 11.1 Å². The summed E-state index contributed by atoms with van der Waals surface area (Å²) in [4.78, 5) is 4.09. The fourth-order valence-corrected chi connectivity index (χ4v) is 2.43. The van der Waals surface area contributed by atoms with Crippen LogP contribution in [0.4, 0.5) is 0 Å². The van der Waals surface area contributed by atoms with Crippen LogP contribution in [0.15, 0.2) is 48.8 Å². The average molecular weight is 239 g/mol. The molecule has 1 N–H and O–H groups in total. The van der Waals surface area contributed by atoms with Gasteiger partial charge in [-0.2, -0.15) is 0 Å².